The third-order valence-electron chi connectivity index (χ3n) is 5.92. The minimum atomic E-state index is -0.143. The number of H-pyrrole nitrogens is 1. The van der Waals surface area contributed by atoms with Crippen molar-refractivity contribution in [2.45, 2.75) is 70.0 Å². The molecule has 1 saturated carbocycles. The fraction of sp³-hybridized carbons (Fsp3) is 0.737. The molecule has 2 amide bonds. The molecule has 0 radical (unpaired) electrons. The Hall–Kier alpha value is -1.89. The molecule has 144 valence electrons. The number of likely N-dealkylation sites (tertiary alicyclic amines) is 1. The quantitative estimate of drug-likeness (QED) is 0.838. The molecule has 2 unspecified atom stereocenters. The number of amides is 2. The molecule has 7 heteroatoms. The number of carbonyl (C=O) groups excluding carboxylic acids is 2. The summed E-state index contributed by atoms with van der Waals surface area (Å²) in [5.74, 6) is 0.0996. The fourth-order valence-corrected chi connectivity index (χ4v) is 4.22. The highest BCUT2D eigenvalue weighted by atomic mass is 16.2. The number of piperidine rings is 1. The lowest BCUT2D eigenvalue weighted by Gasteiger charge is -2.39. The summed E-state index contributed by atoms with van der Waals surface area (Å²) < 4.78 is 0. The van der Waals surface area contributed by atoms with Crippen LogP contribution in [-0.4, -0.2) is 70.1 Å². The topological polar surface area (TPSA) is 81.3 Å². The Kier molecular flexibility index (Phi) is 6.29. The minimum Gasteiger partial charge on any atom is -0.348 e. The van der Waals surface area contributed by atoms with Crippen LogP contribution in [0.5, 0.6) is 0 Å². The fourth-order valence-electron chi connectivity index (χ4n) is 4.22. The smallest absolute Gasteiger partial charge is 0.254 e. The van der Waals surface area contributed by atoms with E-state index >= 15 is 0 Å². The van der Waals surface area contributed by atoms with Crippen LogP contribution in [0.15, 0.2) is 12.4 Å². The summed E-state index contributed by atoms with van der Waals surface area (Å²) in [4.78, 5) is 29.4. The summed E-state index contributed by atoms with van der Waals surface area (Å²) in [6, 6.07) is 0.317. The average Bonchev–Trinajstić information content (AvgIpc) is 3.22. The summed E-state index contributed by atoms with van der Waals surface area (Å²) in [5, 5.41) is 9.55. The van der Waals surface area contributed by atoms with Crippen molar-refractivity contribution in [3.63, 3.8) is 0 Å². The first-order valence-electron chi connectivity index (χ1n) is 9.86. The molecule has 3 rings (SSSR count). The Morgan fingerprint density at radius 1 is 1.27 bits per heavy atom. The van der Waals surface area contributed by atoms with Crippen molar-refractivity contribution in [1.29, 1.82) is 0 Å². The first kappa shape index (κ1) is 18.9. The van der Waals surface area contributed by atoms with Crippen molar-refractivity contribution in [3.8, 4) is 0 Å². The molecule has 1 aromatic heterocycles. The van der Waals surface area contributed by atoms with Crippen LogP contribution >= 0.6 is 0 Å². The Bertz CT molecular complexity index is 597. The molecular formula is C19H31N5O2. The van der Waals surface area contributed by atoms with E-state index in [1.54, 1.807) is 6.20 Å². The maximum absolute atomic E-state index is 12.9. The molecule has 1 saturated heterocycles. The number of rotatable bonds is 5. The van der Waals surface area contributed by atoms with Crippen LogP contribution in [-0.2, 0) is 4.79 Å². The van der Waals surface area contributed by atoms with Gasteiger partial charge in [0.1, 0.15) is 0 Å². The third kappa shape index (κ3) is 4.44. The van der Waals surface area contributed by atoms with E-state index in [1.165, 1.54) is 25.5 Å². The van der Waals surface area contributed by atoms with Crippen molar-refractivity contribution >= 4 is 11.8 Å². The van der Waals surface area contributed by atoms with Crippen LogP contribution in [0.1, 0.15) is 62.2 Å². The second kappa shape index (κ2) is 8.66. The lowest BCUT2D eigenvalue weighted by Crippen LogP contribution is -2.55. The van der Waals surface area contributed by atoms with Crippen LogP contribution in [0.4, 0.5) is 0 Å². The molecule has 1 aromatic rings. The van der Waals surface area contributed by atoms with E-state index in [0.717, 1.165) is 38.8 Å². The van der Waals surface area contributed by atoms with E-state index in [1.807, 2.05) is 18.9 Å². The van der Waals surface area contributed by atoms with E-state index in [9.17, 15) is 9.59 Å². The van der Waals surface area contributed by atoms with Gasteiger partial charge in [-0.1, -0.05) is 19.3 Å². The summed E-state index contributed by atoms with van der Waals surface area (Å²) >= 11 is 0. The number of hydrogen-bond acceptors (Lipinski definition) is 4. The lowest BCUT2D eigenvalue weighted by molar-refractivity contribution is -0.138. The van der Waals surface area contributed by atoms with E-state index in [-0.39, 0.29) is 23.9 Å². The standard InChI is InChI=1S/C19H31N5O2/c1-14(19(26)23(2)17-8-4-3-5-9-17)24-10-6-7-16(13-24)22-18(25)15-11-20-21-12-15/h11-12,14,16-17H,3-10,13H2,1-2H3,(H,20,21)(H,22,25). The van der Waals surface area contributed by atoms with Crippen molar-refractivity contribution in [2.24, 2.45) is 0 Å². The average molecular weight is 361 g/mol. The van der Waals surface area contributed by atoms with Crippen LogP contribution in [0.2, 0.25) is 0 Å². The van der Waals surface area contributed by atoms with Gasteiger partial charge in [-0.15, -0.1) is 0 Å². The molecule has 2 heterocycles. The van der Waals surface area contributed by atoms with Gasteiger partial charge < -0.3 is 10.2 Å². The zero-order valence-corrected chi connectivity index (χ0v) is 15.9. The predicted octanol–water partition coefficient (Wildman–Crippen LogP) is 1.78. The van der Waals surface area contributed by atoms with Gasteiger partial charge >= 0.3 is 0 Å². The van der Waals surface area contributed by atoms with Gasteiger partial charge in [-0.25, -0.2) is 0 Å². The number of aromatic nitrogens is 2. The number of nitrogens with zero attached hydrogens (tertiary/aromatic N) is 3. The monoisotopic (exact) mass is 361 g/mol. The Labute approximate surface area is 155 Å². The van der Waals surface area contributed by atoms with Crippen LogP contribution in [0.25, 0.3) is 0 Å². The summed E-state index contributed by atoms with van der Waals surface area (Å²) in [5.41, 5.74) is 0.545. The highest BCUT2D eigenvalue weighted by Crippen LogP contribution is 2.23. The largest absolute Gasteiger partial charge is 0.348 e. The summed E-state index contributed by atoms with van der Waals surface area (Å²) in [6.07, 6.45) is 11.0. The number of likely N-dealkylation sites (N-methyl/N-ethyl adjacent to an activating group) is 1. The van der Waals surface area contributed by atoms with E-state index in [2.05, 4.69) is 20.4 Å². The molecule has 0 bridgehead atoms. The van der Waals surface area contributed by atoms with Gasteiger partial charge in [-0.3, -0.25) is 19.6 Å². The van der Waals surface area contributed by atoms with Gasteiger partial charge in [0, 0.05) is 31.9 Å². The maximum Gasteiger partial charge on any atom is 0.254 e. The van der Waals surface area contributed by atoms with Gasteiger partial charge in [-0.05, 0) is 39.2 Å². The number of hydrogen-bond donors (Lipinski definition) is 2. The summed E-state index contributed by atoms with van der Waals surface area (Å²) in [6.45, 7) is 3.63. The number of carbonyl (C=O) groups is 2. The molecule has 0 spiro atoms. The first-order chi connectivity index (χ1) is 12.6. The number of aromatic amines is 1. The zero-order valence-electron chi connectivity index (χ0n) is 15.9. The number of nitrogens with one attached hydrogen (secondary N) is 2. The van der Waals surface area contributed by atoms with Crippen molar-refractivity contribution in [2.75, 3.05) is 20.1 Å². The van der Waals surface area contributed by atoms with Crippen molar-refractivity contribution in [1.82, 2.24) is 25.3 Å². The minimum absolute atomic E-state index is 0.0707. The Morgan fingerprint density at radius 2 is 2.04 bits per heavy atom. The molecule has 2 atom stereocenters. The zero-order chi connectivity index (χ0) is 18.5. The van der Waals surface area contributed by atoms with Crippen molar-refractivity contribution in [3.05, 3.63) is 18.0 Å². The van der Waals surface area contributed by atoms with Crippen molar-refractivity contribution < 1.29 is 9.59 Å². The van der Waals surface area contributed by atoms with Gasteiger partial charge in [0.2, 0.25) is 5.91 Å². The Morgan fingerprint density at radius 3 is 2.73 bits per heavy atom. The molecule has 1 aliphatic carbocycles. The molecule has 0 aromatic carbocycles. The van der Waals surface area contributed by atoms with Crippen LogP contribution in [0, 0.1) is 0 Å². The van der Waals surface area contributed by atoms with Gasteiger partial charge in [0.05, 0.1) is 17.8 Å². The normalized spacial score (nSPS) is 23.4. The molecule has 1 aliphatic heterocycles. The van der Waals surface area contributed by atoms with Gasteiger partial charge in [0.25, 0.3) is 5.91 Å². The SMILES string of the molecule is CC(C(=O)N(C)C1CCCCC1)N1CCCC(NC(=O)c2cn[nH]c2)C1. The van der Waals surface area contributed by atoms with Crippen LogP contribution < -0.4 is 5.32 Å². The molecule has 2 N–H and O–H groups in total. The second-order valence-corrected chi connectivity index (χ2v) is 7.71. The molecule has 2 aliphatic rings. The van der Waals surface area contributed by atoms with E-state index < -0.39 is 0 Å². The first-order valence-corrected chi connectivity index (χ1v) is 9.86. The van der Waals surface area contributed by atoms with Gasteiger partial charge in [0.15, 0.2) is 0 Å². The molecular weight excluding hydrogens is 330 g/mol. The predicted molar refractivity (Wildman–Crippen MR) is 99.8 cm³/mol. The lowest BCUT2D eigenvalue weighted by atomic mass is 9.94. The van der Waals surface area contributed by atoms with E-state index in [0.29, 0.717) is 11.6 Å². The second-order valence-electron chi connectivity index (χ2n) is 7.71. The highest BCUT2D eigenvalue weighted by molar-refractivity contribution is 5.93. The summed E-state index contributed by atoms with van der Waals surface area (Å²) in [7, 11) is 1.96. The van der Waals surface area contributed by atoms with E-state index in [4.69, 9.17) is 0 Å². The van der Waals surface area contributed by atoms with Crippen LogP contribution in [0.3, 0.4) is 0 Å². The third-order valence-corrected chi connectivity index (χ3v) is 5.92. The highest BCUT2D eigenvalue weighted by Gasteiger charge is 2.32. The van der Waals surface area contributed by atoms with Gasteiger partial charge in [-0.2, -0.15) is 5.10 Å². The molecule has 26 heavy (non-hydrogen) atoms. The Balaban J connectivity index is 1.54. The molecule has 7 nitrogen and oxygen atoms in total. The maximum atomic E-state index is 12.9. The molecule has 2 fully saturated rings.